The standard InChI is InChI=1S/C14H18N4/c1-18-10-12(16-17-18)9-15-14-8-4-6-11-5-2-3-7-13(11)14/h2-3,5,7,10,14-15H,4,6,8-9H2,1H3. The molecule has 1 heterocycles. The monoisotopic (exact) mass is 242 g/mol. The Labute approximate surface area is 107 Å². The predicted molar refractivity (Wildman–Crippen MR) is 70.0 cm³/mol. The first-order valence-electron chi connectivity index (χ1n) is 6.49. The van der Waals surface area contributed by atoms with Crippen molar-refractivity contribution in [1.82, 2.24) is 20.3 Å². The van der Waals surface area contributed by atoms with Crippen molar-refractivity contribution < 1.29 is 0 Å². The lowest BCUT2D eigenvalue weighted by Crippen LogP contribution is -2.24. The maximum Gasteiger partial charge on any atom is 0.0964 e. The molecule has 1 N–H and O–H groups in total. The average Bonchev–Trinajstić information content (AvgIpc) is 2.82. The second-order valence-corrected chi connectivity index (χ2v) is 4.91. The molecule has 0 amide bonds. The molecule has 1 aliphatic carbocycles. The molecular formula is C14H18N4. The molecule has 4 heteroatoms. The smallest absolute Gasteiger partial charge is 0.0964 e. The Hall–Kier alpha value is -1.68. The summed E-state index contributed by atoms with van der Waals surface area (Å²) in [5.41, 5.74) is 3.94. The second-order valence-electron chi connectivity index (χ2n) is 4.91. The zero-order valence-corrected chi connectivity index (χ0v) is 10.6. The van der Waals surface area contributed by atoms with E-state index in [4.69, 9.17) is 0 Å². The molecule has 1 aliphatic rings. The number of fused-ring (bicyclic) bond motifs is 1. The Morgan fingerprint density at radius 2 is 2.28 bits per heavy atom. The second kappa shape index (κ2) is 4.90. The first-order chi connectivity index (χ1) is 8.83. The molecule has 4 nitrogen and oxygen atoms in total. The number of aryl methyl sites for hydroxylation is 2. The molecule has 1 unspecified atom stereocenters. The number of hydrogen-bond acceptors (Lipinski definition) is 3. The Bertz CT molecular complexity index is 532. The first kappa shape index (κ1) is 11.4. The van der Waals surface area contributed by atoms with Crippen LogP contribution in [0.2, 0.25) is 0 Å². The van der Waals surface area contributed by atoms with Crippen LogP contribution in [0.25, 0.3) is 0 Å². The van der Waals surface area contributed by atoms with E-state index in [2.05, 4.69) is 39.9 Å². The molecule has 3 rings (SSSR count). The number of nitrogens with one attached hydrogen (secondary N) is 1. The zero-order chi connectivity index (χ0) is 12.4. The van der Waals surface area contributed by atoms with Gasteiger partial charge in [0.2, 0.25) is 0 Å². The fourth-order valence-electron chi connectivity index (χ4n) is 2.67. The van der Waals surface area contributed by atoms with Gasteiger partial charge in [0, 0.05) is 25.8 Å². The molecule has 0 bridgehead atoms. The summed E-state index contributed by atoms with van der Waals surface area (Å²) in [6, 6.07) is 9.19. The molecule has 0 saturated heterocycles. The van der Waals surface area contributed by atoms with Crippen molar-refractivity contribution in [3.8, 4) is 0 Å². The highest BCUT2D eigenvalue weighted by Gasteiger charge is 2.19. The third kappa shape index (κ3) is 2.29. The summed E-state index contributed by atoms with van der Waals surface area (Å²) in [6.45, 7) is 0.785. The van der Waals surface area contributed by atoms with Crippen LogP contribution >= 0.6 is 0 Å². The normalized spacial score (nSPS) is 18.6. The van der Waals surface area contributed by atoms with Crippen molar-refractivity contribution in [1.29, 1.82) is 0 Å². The Kier molecular flexibility index (Phi) is 3.11. The van der Waals surface area contributed by atoms with E-state index in [0.717, 1.165) is 12.2 Å². The topological polar surface area (TPSA) is 42.7 Å². The van der Waals surface area contributed by atoms with Crippen molar-refractivity contribution in [2.75, 3.05) is 0 Å². The van der Waals surface area contributed by atoms with E-state index in [0.29, 0.717) is 6.04 Å². The van der Waals surface area contributed by atoms with E-state index in [1.807, 2.05) is 13.2 Å². The summed E-state index contributed by atoms with van der Waals surface area (Å²) in [5, 5.41) is 11.6. The molecule has 0 fully saturated rings. The highest BCUT2D eigenvalue weighted by Crippen LogP contribution is 2.29. The maximum absolute atomic E-state index is 4.11. The lowest BCUT2D eigenvalue weighted by atomic mass is 9.88. The molecule has 0 radical (unpaired) electrons. The van der Waals surface area contributed by atoms with Crippen molar-refractivity contribution >= 4 is 0 Å². The van der Waals surface area contributed by atoms with Crippen LogP contribution in [0.1, 0.15) is 35.7 Å². The van der Waals surface area contributed by atoms with Crippen molar-refractivity contribution in [2.24, 2.45) is 7.05 Å². The Balaban J connectivity index is 1.71. The SMILES string of the molecule is Cn1cc(CNC2CCCc3ccccc32)nn1. The summed E-state index contributed by atoms with van der Waals surface area (Å²) < 4.78 is 1.74. The van der Waals surface area contributed by atoms with E-state index in [1.54, 1.807) is 4.68 Å². The maximum atomic E-state index is 4.11. The Morgan fingerprint density at radius 3 is 3.11 bits per heavy atom. The number of nitrogens with zero attached hydrogens (tertiary/aromatic N) is 3. The van der Waals surface area contributed by atoms with Gasteiger partial charge < -0.3 is 5.32 Å². The van der Waals surface area contributed by atoms with Gasteiger partial charge in [-0.15, -0.1) is 5.10 Å². The van der Waals surface area contributed by atoms with Crippen LogP contribution in [-0.4, -0.2) is 15.0 Å². The van der Waals surface area contributed by atoms with E-state index in [-0.39, 0.29) is 0 Å². The van der Waals surface area contributed by atoms with Crippen molar-refractivity contribution in [3.63, 3.8) is 0 Å². The molecule has 1 aromatic heterocycles. The van der Waals surface area contributed by atoms with Crippen LogP contribution in [0.15, 0.2) is 30.5 Å². The van der Waals surface area contributed by atoms with Crippen LogP contribution in [-0.2, 0) is 20.0 Å². The summed E-state index contributed by atoms with van der Waals surface area (Å²) in [6.07, 6.45) is 5.63. The fraction of sp³-hybridized carbons (Fsp3) is 0.429. The van der Waals surface area contributed by atoms with Gasteiger partial charge in [-0.25, -0.2) is 0 Å². The van der Waals surface area contributed by atoms with E-state index >= 15 is 0 Å². The molecule has 2 aromatic rings. The van der Waals surface area contributed by atoms with Gasteiger partial charge in [-0.05, 0) is 30.4 Å². The molecule has 18 heavy (non-hydrogen) atoms. The summed E-state index contributed by atoms with van der Waals surface area (Å²) in [7, 11) is 1.90. The summed E-state index contributed by atoms with van der Waals surface area (Å²) >= 11 is 0. The lowest BCUT2D eigenvalue weighted by molar-refractivity contribution is 0.456. The van der Waals surface area contributed by atoms with Gasteiger partial charge in [-0.1, -0.05) is 29.5 Å². The van der Waals surface area contributed by atoms with Crippen molar-refractivity contribution in [2.45, 2.75) is 31.8 Å². The summed E-state index contributed by atoms with van der Waals surface area (Å²) in [4.78, 5) is 0. The van der Waals surface area contributed by atoms with Crippen LogP contribution in [0.3, 0.4) is 0 Å². The number of hydrogen-bond donors (Lipinski definition) is 1. The average molecular weight is 242 g/mol. The number of rotatable bonds is 3. The minimum Gasteiger partial charge on any atom is -0.304 e. The van der Waals surface area contributed by atoms with E-state index in [9.17, 15) is 0 Å². The third-order valence-electron chi connectivity index (χ3n) is 3.55. The van der Waals surface area contributed by atoms with Gasteiger partial charge in [0.05, 0.1) is 5.69 Å². The quantitative estimate of drug-likeness (QED) is 0.895. The van der Waals surface area contributed by atoms with Crippen LogP contribution in [0.4, 0.5) is 0 Å². The van der Waals surface area contributed by atoms with E-state index < -0.39 is 0 Å². The van der Waals surface area contributed by atoms with Gasteiger partial charge in [-0.2, -0.15) is 0 Å². The highest BCUT2D eigenvalue weighted by atomic mass is 15.4. The largest absolute Gasteiger partial charge is 0.304 e. The van der Waals surface area contributed by atoms with Gasteiger partial charge in [0.25, 0.3) is 0 Å². The summed E-state index contributed by atoms with van der Waals surface area (Å²) in [5.74, 6) is 0. The van der Waals surface area contributed by atoms with Crippen molar-refractivity contribution in [3.05, 3.63) is 47.3 Å². The van der Waals surface area contributed by atoms with Gasteiger partial charge >= 0.3 is 0 Å². The number of aromatic nitrogens is 3. The predicted octanol–water partition coefficient (Wildman–Crippen LogP) is 1.98. The molecule has 94 valence electrons. The molecular weight excluding hydrogens is 224 g/mol. The van der Waals surface area contributed by atoms with Gasteiger partial charge in [-0.3, -0.25) is 4.68 Å². The minimum atomic E-state index is 0.456. The number of benzene rings is 1. The van der Waals surface area contributed by atoms with Crippen LogP contribution in [0, 0.1) is 0 Å². The molecule has 0 spiro atoms. The third-order valence-corrected chi connectivity index (χ3v) is 3.55. The van der Waals surface area contributed by atoms with Crippen LogP contribution in [0.5, 0.6) is 0 Å². The molecule has 1 aromatic carbocycles. The van der Waals surface area contributed by atoms with Crippen LogP contribution < -0.4 is 5.32 Å². The Morgan fingerprint density at radius 1 is 1.39 bits per heavy atom. The highest BCUT2D eigenvalue weighted by molar-refractivity contribution is 5.32. The van der Waals surface area contributed by atoms with E-state index in [1.165, 1.54) is 30.4 Å². The van der Waals surface area contributed by atoms with Gasteiger partial charge in [0.15, 0.2) is 0 Å². The fourth-order valence-corrected chi connectivity index (χ4v) is 2.67. The zero-order valence-electron chi connectivity index (χ0n) is 10.6. The minimum absolute atomic E-state index is 0.456. The van der Waals surface area contributed by atoms with Gasteiger partial charge in [0.1, 0.15) is 0 Å². The molecule has 0 aliphatic heterocycles. The first-order valence-corrected chi connectivity index (χ1v) is 6.49. The lowest BCUT2D eigenvalue weighted by Gasteiger charge is -2.26. The molecule has 0 saturated carbocycles. The molecule has 1 atom stereocenters.